The molecule has 1 atom stereocenters. The van der Waals surface area contributed by atoms with Gasteiger partial charge in [0, 0.05) is 24.2 Å². The highest BCUT2D eigenvalue weighted by atomic mass is 16.5. The lowest BCUT2D eigenvalue weighted by atomic mass is 10.1. The smallest absolute Gasteiger partial charge is 0.255 e. The number of carbonyl (C=O) groups is 1. The van der Waals surface area contributed by atoms with Crippen molar-refractivity contribution in [2.75, 3.05) is 14.2 Å². The molecule has 0 spiro atoms. The molecular weight excluding hydrogens is 418 g/mol. The van der Waals surface area contributed by atoms with Gasteiger partial charge in [0.1, 0.15) is 23.0 Å². The van der Waals surface area contributed by atoms with Crippen molar-refractivity contribution < 1.29 is 18.7 Å². The molecule has 0 saturated carbocycles. The molecular formula is C26H27N3O4. The van der Waals surface area contributed by atoms with Gasteiger partial charge in [-0.25, -0.2) is 4.68 Å². The number of furan rings is 1. The summed E-state index contributed by atoms with van der Waals surface area (Å²) in [4.78, 5) is 13.3. The Balaban J connectivity index is 1.67. The van der Waals surface area contributed by atoms with Gasteiger partial charge in [0.05, 0.1) is 31.7 Å². The van der Waals surface area contributed by atoms with E-state index in [9.17, 15) is 4.79 Å². The van der Waals surface area contributed by atoms with Crippen molar-refractivity contribution in [1.82, 2.24) is 15.1 Å². The standard InChI is InChI=1S/C26H27N3O4/c1-18(11-12-20-10-7-15-33-20)27-26(30)23-17-29(19-8-5-4-6-9-19)28-25(23)22-16-21(31-2)13-14-24(22)32-3/h4-10,13-18H,11-12H2,1-3H3,(H,27,30). The summed E-state index contributed by atoms with van der Waals surface area (Å²) in [5, 5.41) is 7.85. The highest BCUT2D eigenvalue weighted by molar-refractivity contribution is 6.00. The van der Waals surface area contributed by atoms with E-state index >= 15 is 0 Å². The first-order valence-electron chi connectivity index (χ1n) is 10.8. The van der Waals surface area contributed by atoms with E-state index in [-0.39, 0.29) is 11.9 Å². The summed E-state index contributed by atoms with van der Waals surface area (Å²) in [5.74, 6) is 1.95. The van der Waals surface area contributed by atoms with Gasteiger partial charge in [0.15, 0.2) is 0 Å². The van der Waals surface area contributed by atoms with Gasteiger partial charge in [0.25, 0.3) is 5.91 Å². The third-order valence-electron chi connectivity index (χ3n) is 5.42. The number of nitrogens with zero attached hydrogens (tertiary/aromatic N) is 2. The fourth-order valence-corrected chi connectivity index (χ4v) is 3.64. The second-order valence-electron chi connectivity index (χ2n) is 7.73. The van der Waals surface area contributed by atoms with Crippen LogP contribution >= 0.6 is 0 Å². The fourth-order valence-electron chi connectivity index (χ4n) is 3.64. The average molecular weight is 446 g/mol. The molecule has 7 heteroatoms. The van der Waals surface area contributed by atoms with Gasteiger partial charge >= 0.3 is 0 Å². The van der Waals surface area contributed by atoms with E-state index < -0.39 is 0 Å². The molecule has 0 bridgehead atoms. The van der Waals surface area contributed by atoms with Crippen molar-refractivity contribution in [3.05, 3.63) is 84.4 Å². The van der Waals surface area contributed by atoms with E-state index in [4.69, 9.17) is 19.0 Å². The third kappa shape index (κ3) is 5.09. The molecule has 0 radical (unpaired) electrons. The Morgan fingerprint density at radius 1 is 1.09 bits per heavy atom. The molecule has 2 heterocycles. The second kappa shape index (κ2) is 10.1. The Hall–Kier alpha value is -4.00. The first-order chi connectivity index (χ1) is 16.1. The van der Waals surface area contributed by atoms with E-state index in [1.807, 2.05) is 67.6 Å². The van der Waals surface area contributed by atoms with Crippen molar-refractivity contribution in [3.63, 3.8) is 0 Å². The highest BCUT2D eigenvalue weighted by Gasteiger charge is 2.23. The predicted octanol–water partition coefficient (Wildman–Crippen LogP) is 4.90. The zero-order chi connectivity index (χ0) is 23.2. The maximum atomic E-state index is 13.3. The van der Waals surface area contributed by atoms with E-state index in [0.29, 0.717) is 28.3 Å². The van der Waals surface area contributed by atoms with Gasteiger partial charge in [-0.1, -0.05) is 18.2 Å². The first-order valence-corrected chi connectivity index (χ1v) is 10.8. The van der Waals surface area contributed by atoms with Crippen LogP contribution in [-0.2, 0) is 6.42 Å². The molecule has 4 rings (SSSR count). The first kappa shape index (κ1) is 22.2. The van der Waals surface area contributed by atoms with Crippen molar-refractivity contribution in [2.45, 2.75) is 25.8 Å². The van der Waals surface area contributed by atoms with Gasteiger partial charge in [-0.3, -0.25) is 4.79 Å². The summed E-state index contributed by atoms with van der Waals surface area (Å²) in [6.45, 7) is 1.98. The number of aryl methyl sites for hydroxylation is 1. The number of ether oxygens (including phenoxy) is 2. The highest BCUT2D eigenvalue weighted by Crippen LogP contribution is 2.35. The number of carbonyl (C=O) groups excluding carboxylic acids is 1. The zero-order valence-corrected chi connectivity index (χ0v) is 18.9. The Labute approximate surface area is 192 Å². The normalized spacial score (nSPS) is 11.7. The van der Waals surface area contributed by atoms with Crippen LogP contribution in [0.15, 0.2) is 77.5 Å². The Morgan fingerprint density at radius 2 is 1.91 bits per heavy atom. The summed E-state index contributed by atoms with van der Waals surface area (Å²) in [5.41, 5.74) is 2.51. The van der Waals surface area contributed by atoms with Gasteiger partial charge < -0.3 is 19.2 Å². The summed E-state index contributed by atoms with van der Waals surface area (Å²) in [7, 11) is 3.19. The van der Waals surface area contributed by atoms with Gasteiger partial charge in [-0.05, 0) is 55.8 Å². The topological polar surface area (TPSA) is 78.5 Å². The minimum absolute atomic E-state index is 0.0530. The minimum Gasteiger partial charge on any atom is -0.497 e. The largest absolute Gasteiger partial charge is 0.497 e. The second-order valence-corrected chi connectivity index (χ2v) is 7.73. The quantitative estimate of drug-likeness (QED) is 0.396. The molecule has 4 aromatic rings. The van der Waals surface area contributed by atoms with Crippen molar-refractivity contribution >= 4 is 5.91 Å². The van der Waals surface area contributed by atoms with Crippen molar-refractivity contribution in [1.29, 1.82) is 0 Å². The molecule has 0 fully saturated rings. The van der Waals surface area contributed by atoms with Crippen LogP contribution in [0.5, 0.6) is 11.5 Å². The molecule has 1 N–H and O–H groups in total. The van der Waals surface area contributed by atoms with Crippen LogP contribution < -0.4 is 14.8 Å². The van der Waals surface area contributed by atoms with Gasteiger partial charge in [-0.15, -0.1) is 0 Å². The molecule has 170 valence electrons. The summed E-state index contributed by atoms with van der Waals surface area (Å²) >= 11 is 0. The van der Waals surface area contributed by atoms with Crippen molar-refractivity contribution in [3.8, 4) is 28.4 Å². The Bertz CT molecular complexity index is 1200. The molecule has 0 aliphatic carbocycles. The number of hydrogen-bond acceptors (Lipinski definition) is 5. The molecule has 2 aromatic carbocycles. The SMILES string of the molecule is COc1ccc(OC)c(-c2nn(-c3ccccc3)cc2C(=O)NC(C)CCc2ccco2)c1. The number of aromatic nitrogens is 2. The monoisotopic (exact) mass is 445 g/mol. The van der Waals surface area contributed by atoms with E-state index in [1.165, 1.54) is 0 Å². The van der Waals surface area contributed by atoms with Crippen molar-refractivity contribution in [2.24, 2.45) is 0 Å². The fraction of sp³-hybridized carbons (Fsp3) is 0.231. The van der Waals surface area contributed by atoms with Crippen LogP contribution in [-0.4, -0.2) is 35.9 Å². The molecule has 1 unspecified atom stereocenters. The maximum absolute atomic E-state index is 13.3. The third-order valence-corrected chi connectivity index (χ3v) is 5.42. The summed E-state index contributed by atoms with van der Waals surface area (Å²) < 4.78 is 18.1. The predicted molar refractivity (Wildman–Crippen MR) is 126 cm³/mol. The number of para-hydroxylation sites is 1. The van der Waals surface area contributed by atoms with E-state index in [0.717, 1.165) is 24.3 Å². The number of amides is 1. The lowest BCUT2D eigenvalue weighted by Gasteiger charge is -2.14. The van der Waals surface area contributed by atoms with Gasteiger partial charge in [0.2, 0.25) is 0 Å². The lowest BCUT2D eigenvalue weighted by Crippen LogP contribution is -2.33. The van der Waals surface area contributed by atoms with Crippen LogP contribution in [0.3, 0.4) is 0 Å². The van der Waals surface area contributed by atoms with Crippen LogP contribution in [0.4, 0.5) is 0 Å². The number of methoxy groups -OCH3 is 2. The molecule has 0 aliphatic rings. The molecule has 0 saturated heterocycles. The summed E-state index contributed by atoms with van der Waals surface area (Å²) in [6.07, 6.45) is 4.90. The van der Waals surface area contributed by atoms with Crippen LogP contribution in [0, 0.1) is 0 Å². The van der Waals surface area contributed by atoms with Gasteiger partial charge in [-0.2, -0.15) is 5.10 Å². The zero-order valence-electron chi connectivity index (χ0n) is 18.9. The van der Waals surface area contributed by atoms with Crippen LogP contribution in [0.2, 0.25) is 0 Å². The summed E-state index contributed by atoms with van der Waals surface area (Å²) in [6, 6.07) is 18.9. The Kier molecular flexibility index (Phi) is 6.78. The molecule has 1 amide bonds. The molecule has 2 aromatic heterocycles. The maximum Gasteiger partial charge on any atom is 0.255 e. The average Bonchev–Trinajstić information content (AvgIpc) is 3.53. The van der Waals surface area contributed by atoms with Crippen LogP contribution in [0.1, 0.15) is 29.5 Å². The number of rotatable bonds is 9. The lowest BCUT2D eigenvalue weighted by molar-refractivity contribution is 0.0938. The molecule has 0 aliphatic heterocycles. The van der Waals surface area contributed by atoms with E-state index in [2.05, 4.69) is 5.32 Å². The number of hydrogen-bond donors (Lipinski definition) is 1. The number of nitrogens with one attached hydrogen (secondary N) is 1. The molecule has 7 nitrogen and oxygen atoms in total. The Morgan fingerprint density at radius 3 is 2.61 bits per heavy atom. The van der Waals surface area contributed by atoms with Crippen LogP contribution in [0.25, 0.3) is 16.9 Å². The molecule has 33 heavy (non-hydrogen) atoms. The number of benzene rings is 2. The minimum atomic E-state index is -0.205. The van der Waals surface area contributed by atoms with E-state index in [1.54, 1.807) is 31.4 Å².